The molecule has 1 saturated heterocycles. The Balaban J connectivity index is 1.38. The molecule has 1 spiro atoms. The lowest BCUT2D eigenvalue weighted by Gasteiger charge is -2.23. The maximum atomic E-state index is 12.0. The van der Waals surface area contributed by atoms with E-state index in [0.717, 1.165) is 25.8 Å². The Morgan fingerprint density at radius 1 is 1.42 bits per heavy atom. The van der Waals surface area contributed by atoms with E-state index in [9.17, 15) is 4.79 Å². The van der Waals surface area contributed by atoms with E-state index in [4.69, 9.17) is 4.74 Å². The summed E-state index contributed by atoms with van der Waals surface area (Å²) in [6.45, 7) is 5.83. The molecule has 1 aliphatic heterocycles. The second-order valence-corrected chi connectivity index (χ2v) is 7.65. The summed E-state index contributed by atoms with van der Waals surface area (Å²) in [6.07, 6.45) is 10.2. The van der Waals surface area contributed by atoms with Gasteiger partial charge in [-0.3, -0.25) is 10.00 Å². The average molecular weight is 334 g/mol. The first-order chi connectivity index (χ1) is 11.5. The van der Waals surface area contributed by atoms with E-state index < -0.39 is 0 Å². The summed E-state index contributed by atoms with van der Waals surface area (Å²) in [5.41, 5.74) is 0.123. The summed E-state index contributed by atoms with van der Waals surface area (Å²) >= 11 is 0. The SMILES string of the molecule is CC(C)CCn1ccc(NC(=O)NCC2CCC3(CCCC3)O2)n1. The Hall–Kier alpha value is -1.56. The predicted octanol–water partition coefficient (Wildman–Crippen LogP) is 3.54. The standard InChI is InChI=1S/C18H30N4O2/c1-14(2)6-11-22-12-7-16(21-22)20-17(23)19-13-15-5-10-18(24-15)8-3-4-9-18/h7,12,14-15H,3-6,8-11,13H2,1-2H3,(H2,19,20,21,23). The van der Waals surface area contributed by atoms with E-state index in [1.54, 1.807) is 0 Å². The highest BCUT2D eigenvalue weighted by atomic mass is 16.5. The third-order valence-electron chi connectivity index (χ3n) is 5.16. The quantitative estimate of drug-likeness (QED) is 0.836. The number of hydrogen-bond acceptors (Lipinski definition) is 3. The molecule has 3 rings (SSSR count). The van der Waals surface area contributed by atoms with Crippen LogP contribution in [0.2, 0.25) is 0 Å². The van der Waals surface area contributed by atoms with E-state index >= 15 is 0 Å². The Morgan fingerprint density at radius 3 is 2.96 bits per heavy atom. The first-order valence-electron chi connectivity index (χ1n) is 9.31. The normalized spacial score (nSPS) is 22.4. The van der Waals surface area contributed by atoms with E-state index in [1.165, 1.54) is 25.7 Å². The van der Waals surface area contributed by atoms with Crippen molar-refractivity contribution in [3.8, 4) is 0 Å². The molecule has 2 fully saturated rings. The lowest BCUT2D eigenvalue weighted by molar-refractivity contribution is -0.0340. The first kappa shape index (κ1) is 17.3. The molecular formula is C18H30N4O2. The number of anilines is 1. The van der Waals surface area contributed by atoms with Crippen molar-refractivity contribution in [1.29, 1.82) is 0 Å². The minimum absolute atomic E-state index is 0.123. The van der Waals surface area contributed by atoms with Crippen LogP contribution < -0.4 is 10.6 Å². The summed E-state index contributed by atoms with van der Waals surface area (Å²) in [5, 5.41) is 10.1. The number of aryl methyl sites for hydroxylation is 1. The highest BCUT2D eigenvalue weighted by Crippen LogP contribution is 2.43. The number of carbonyl (C=O) groups is 1. The number of rotatable bonds is 6. The van der Waals surface area contributed by atoms with Gasteiger partial charge in [0, 0.05) is 25.4 Å². The molecule has 1 atom stereocenters. The molecule has 0 radical (unpaired) electrons. The van der Waals surface area contributed by atoms with Crippen LogP contribution in [0.1, 0.15) is 58.8 Å². The van der Waals surface area contributed by atoms with Crippen LogP contribution >= 0.6 is 0 Å². The van der Waals surface area contributed by atoms with Gasteiger partial charge in [0.1, 0.15) is 0 Å². The zero-order valence-electron chi connectivity index (χ0n) is 14.9. The fourth-order valence-electron chi connectivity index (χ4n) is 3.74. The van der Waals surface area contributed by atoms with Gasteiger partial charge in [-0.2, -0.15) is 5.10 Å². The Morgan fingerprint density at radius 2 is 2.21 bits per heavy atom. The maximum Gasteiger partial charge on any atom is 0.320 e. The number of aromatic nitrogens is 2. The van der Waals surface area contributed by atoms with Crippen molar-refractivity contribution >= 4 is 11.8 Å². The summed E-state index contributed by atoms with van der Waals surface area (Å²) < 4.78 is 8.08. The topological polar surface area (TPSA) is 68.2 Å². The maximum absolute atomic E-state index is 12.0. The van der Waals surface area contributed by atoms with Crippen molar-refractivity contribution in [1.82, 2.24) is 15.1 Å². The van der Waals surface area contributed by atoms with Gasteiger partial charge in [-0.1, -0.05) is 26.7 Å². The van der Waals surface area contributed by atoms with Gasteiger partial charge in [-0.15, -0.1) is 0 Å². The first-order valence-corrected chi connectivity index (χ1v) is 9.31. The third-order valence-corrected chi connectivity index (χ3v) is 5.16. The van der Waals surface area contributed by atoms with Gasteiger partial charge in [-0.05, 0) is 38.0 Å². The number of carbonyl (C=O) groups excluding carboxylic acids is 1. The van der Waals surface area contributed by atoms with Gasteiger partial charge < -0.3 is 10.1 Å². The Labute approximate surface area is 144 Å². The molecular weight excluding hydrogens is 304 g/mol. The van der Waals surface area contributed by atoms with Crippen LogP contribution in [-0.4, -0.2) is 34.1 Å². The molecule has 6 heteroatoms. The van der Waals surface area contributed by atoms with Crippen LogP contribution in [-0.2, 0) is 11.3 Å². The fourth-order valence-corrected chi connectivity index (χ4v) is 3.74. The minimum atomic E-state index is -0.208. The van der Waals surface area contributed by atoms with E-state index in [0.29, 0.717) is 18.3 Å². The zero-order chi connectivity index (χ0) is 17.0. The van der Waals surface area contributed by atoms with Gasteiger partial charge in [0.15, 0.2) is 5.82 Å². The predicted molar refractivity (Wildman–Crippen MR) is 94.0 cm³/mol. The molecule has 1 aromatic rings. The second kappa shape index (κ2) is 7.55. The highest BCUT2D eigenvalue weighted by Gasteiger charge is 2.42. The lowest BCUT2D eigenvalue weighted by Crippen LogP contribution is -2.36. The zero-order valence-corrected chi connectivity index (χ0v) is 14.9. The van der Waals surface area contributed by atoms with Crippen molar-refractivity contribution in [2.75, 3.05) is 11.9 Å². The molecule has 2 aliphatic rings. The van der Waals surface area contributed by atoms with Crippen LogP contribution in [0, 0.1) is 5.92 Å². The van der Waals surface area contributed by atoms with E-state index in [2.05, 4.69) is 29.6 Å². The van der Waals surface area contributed by atoms with Crippen molar-refractivity contribution in [2.24, 2.45) is 5.92 Å². The van der Waals surface area contributed by atoms with Crippen LogP contribution in [0.3, 0.4) is 0 Å². The van der Waals surface area contributed by atoms with Crippen LogP contribution in [0.15, 0.2) is 12.3 Å². The number of nitrogens with one attached hydrogen (secondary N) is 2. The van der Waals surface area contributed by atoms with Crippen LogP contribution in [0.25, 0.3) is 0 Å². The van der Waals surface area contributed by atoms with Crippen molar-refractivity contribution in [3.05, 3.63) is 12.3 Å². The molecule has 1 aliphatic carbocycles. The number of urea groups is 1. The highest BCUT2D eigenvalue weighted by molar-refractivity contribution is 5.88. The molecule has 134 valence electrons. The average Bonchev–Trinajstić information content (AvgIpc) is 3.27. The van der Waals surface area contributed by atoms with Crippen LogP contribution in [0.5, 0.6) is 0 Å². The van der Waals surface area contributed by atoms with Gasteiger partial charge in [0.05, 0.1) is 11.7 Å². The van der Waals surface area contributed by atoms with Crippen molar-refractivity contribution < 1.29 is 9.53 Å². The van der Waals surface area contributed by atoms with Gasteiger partial charge in [0.25, 0.3) is 0 Å². The second-order valence-electron chi connectivity index (χ2n) is 7.65. The van der Waals surface area contributed by atoms with E-state index in [-0.39, 0.29) is 17.7 Å². The van der Waals surface area contributed by atoms with Gasteiger partial charge in [-0.25, -0.2) is 4.79 Å². The molecule has 1 unspecified atom stereocenters. The lowest BCUT2D eigenvalue weighted by atomic mass is 9.98. The van der Waals surface area contributed by atoms with Crippen molar-refractivity contribution in [3.63, 3.8) is 0 Å². The summed E-state index contributed by atoms with van der Waals surface area (Å²) in [5.74, 6) is 1.24. The van der Waals surface area contributed by atoms with Crippen LogP contribution in [0.4, 0.5) is 10.6 Å². The molecule has 6 nitrogen and oxygen atoms in total. The molecule has 1 saturated carbocycles. The number of nitrogens with zero attached hydrogens (tertiary/aromatic N) is 2. The number of ether oxygens (including phenoxy) is 1. The molecule has 2 heterocycles. The third kappa shape index (κ3) is 4.50. The fraction of sp³-hybridized carbons (Fsp3) is 0.778. The molecule has 0 aromatic carbocycles. The molecule has 1 aromatic heterocycles. The van der Waals surface area contributed by atoms with Gasteiger partial charge in [0.2, 0.25) is 0 Å². The summed E-state index contributed by atoms with van der Waals surface area (Å²) in [7, 11) is 0. The molecule has 2 N–H and O–H groups in total. The summed E-state index contributed by atoms with van der Waals surface area (Å²) in [6, 6.07) is 1.62. The molecule has 0 bridgehead atoms. The largest absolute Gasteiger partial charge is 0.370 e. The monoisotopic (exact) mass is 334 g/mol. The summed E-state index contributed by atoms with van der Waals surface area (Å²) in [4.78, 5) is 12.0. The van der Waals surface area contributed by atoms with Gasteiger partial charge >= 0.3 is 6.03 Å². The Kier molecular flexibility index (Phi) is 5.43. The minimum Gasteiger partial charge on any atom is -0.370 e. The molecule has 24 heavy (non-hydrogen) atoms. The number of amides is 2. The Bertz CT molecular complexity index is 549. The van der Waals surface area contributed by atoms with Crippen molar-refractivity contribution in [2.45, 2.75) is 77.0 Å². The smallest absolute Gasteiger partial charge is 0.320 e. The molecule has 2 amide bonds. The van der Waals surface area contributed by atoms with E-state index in [1.807, 2.05) is 16.9 Å². The number of hydrogen-bond donors (Lipinski definition) is 2.